The number of para-hydroxylation sites is 1. The van der Waals surface area contributed by atoms with Gasteiger partial charge in [-0.05, 0) is 37.6 Å². The molecule has 1 N–H and O–H groups in total. The van der Waals surface area contributed by atoms with E-state index in [1.54, 1.807) is 0 Å². The highest BCUT2D eigenvalue weighted by atomic mass is 16.4. The Kier molecular flexibility index (Phi) is 6.38. The third-order valence-electron chi connectivity index (χ3n) is 6.26. The molecule has 1 aromatic heterocycles. The number of rotatable bonds is 6. The molecular weight excluding hydrogens is 378 g/mol. The van der Waals surface area contributed by atoms with E-state index < -0.39 is 0 Å². The molecule has 2 aliphatic rings. The highest BCUT2D eigenvalue weighted by Crippen LogP contribution is 2.21. The predicted octanol–water partition coefficient (Wildman–Crippen LogP) is 2.65. The van der Waals surface area contributed by atoms with Crippen LogP contribution in [0.1, 0.15) is 35.3 Å². The number of carbonyl (C=O) groups excluding carboxylic acids is 1. The van der Waals surface area contributed by atoms with E-state index in [-0.39, 0.29) is 5.91 Å². The Bertz CT molecular complexity index is 884. The van der Waals surface area contributed by atoms with Crippen molar-refractivity contribution in [3.63, 3.8) is 0 Å². The molecule has 7 nitrogen and oxygen atoms in total. The minimum Gasteiger partial charge on any atom is -0.411 e. The number of hydrogen-bond acceptors (Lipinski definition) is 5. The molecule has 0 aliphatic carbocycles. The summed E-state index contributed by atoms with van der Waals surface area (Å²) in [5.74, 6) is 0.0348. The molecule has 30 heavy (non-hydrogen) atoms. The Morgan fingerprint density at radius 3 is 2.43 bits per heavy atom. The zero-order valence-corrected chi connectivity index (χ0v) is 17.7. The molecule has 0 spiro atoms. The number of benzene rings is 1. The average Bonchev–Trinajstić information content (AvgIpc) is 3.10. The van der Waals surface area contributed by atoms with Crippen molar-refractivity contribution in [3.8, 4) is 0 Å². The van der Waals surface area contributed by atoms with Crippen LogP contribution < -0.4 is 4.90 Å². The Balaban J connectivity index is 1.23. The molecule has 7 heteroatoms. The Labute approximate surface area is 178 Å². The number of unbranched alkanes of at least 4 members (excludes halogenated alkanes) is 1. The van der Waals surface area contributed by atoms with E-state index in [0.717, 1.165) is 57.7 Å². The van der Waals surface area contributed by atoms with E-state index in [1.165, 1.54) is 5.69 Å². The summed E-state index contributed by atoms with van der Waals surface area (Å²) in [5.41, 5.74) is 3.28. The van der Waals surface area contributed by atoms with Crippen molar-refractivity contribution in [2.45, 2.75) is 19.3 Å². The molecule has 0 unspecified atom stereocenters. The van der Waals surface area contributed by atoms with E-state index in [0.29, 0.717) is 24.4 Å². The summed E-state index contributed by atoms with van der Waals surface area (Å²) in [6, 6.07) is 12.5. The zero-order chi connectivity index (χ0) is 20.9. The molecular formula is C23H31N5O2. The fourth-order valence-electron chi connectivity index (χ4n) is 4.48. The second-order valence-electron chi connectivity index (χ2n) is 8.15. The van der Waals surface area contributed by atoms with Gasteiger partial charge in [0.2, 0.25) is 0 Å². The van der Waals surface area contributed by atoms with Crippen molar-refractivity contribution in [1.29, 1.82) is 0 Å². The third-order valence-corrected chi connectivity index (χ3v) is 6.26. The molecule has 1 amide bonds. The number of nitrogens with zero attached hydrogens (tertiary/aromatic N) is 5. The third kappa shape index (κ3) is 4.36. The van der Waals surface area contributed by atoms with Gasteiger partial charge in [0, 0.05) is 70.2 Å². The van der Waals surface area contributed by atoms with Crippen molar-refractivity contribution in [1.82, 2.24) is 14.4 Å². The van der Waals surface area contributed by atoms with Crippen LogP contribution in [0.2, 0.25) is 0 Å². The summed E-state index contributed by atoms with van der Waals surface area (Å²) >= 11 is 0. The van der Waals surface area contributed by atoms with Crippen molar-refractivity contribution in [2.24, 2.45) is 12.2 Å². The van der Waals surface area contributed by atoms with Crippen molar-refractivity contribution >= 4 is 17.3 Å². The first-order valence-corrected chi connectivity index (χ1v) is 10.9. The first-order chi connectivity index (χ1) is 14.7. The van der Waals surface area contributed by atoms with Gasteiger partial charge in [-0.25, -0.2) is 0 Å². The predicted molar refractivity (Wildman–Crippen MR) is 119 cm³/mol. The molecule has 2 aromatic rings. The maximum absolute atomic E-state index is 13.0. The van der Waals surface area contributed by atoms with Gasteiger partial charge in [0.25, 0.3) is 5.91 Å². The maximum atomic E-state index is 13.0. The van der Waals surface area contributed by atoms with Crippen molar-refractivity contribution in [2.75, 3.05) is 50.7 Å². The number of aromatic nitrogens is 1. The van der Waals surface area contributed by atoms with Crippen LogP contribution in [-0.2, 0) is 7.05 Å². The van der Waals surface area contributed by atoms with Crippen LogP contribution in [0.3, 0.4) is 0 Å². The average molecular weight is 410 g/mol. The molecule has 1 fully saturated rings. The van der Waals surface area contributed by atoms with Gasteiger partial charge in [-0.3, -0.25) is 9.69 Å². The number of amides is 1. The fourth-order valence-corrected chi connectivity index (χ4v) is 4.48. The number of anilines is 1. The Hall–Kier alpha value is -2.80. The minimum absolute atomic E-state index is 0.0348. The topological polar surface area (TPSA) is 64.3 Å². The monoisotopic (exact) mass is 409 g/mol. The van der Waals surface area contributed by atoms with Gasteiger partial charge in [-0.1, -0.05) is 23.4 Å². The van der Waals surface area contributed by atoms with Gasteiger partial charge in [0.05, 0.1) is 5.71 Å². The van der Waals surface area contributed by atoms with Gasteiger partial charge < -0.3 is 19.6 Å². The van der Waals surface area contributed by atoms with Crippen LogP contribution in [-0.4, -0.2) is 77.0 Å². The lowest BCUT2D eigenvalue weighted by molar-refractivity contribution is 0.0749. The molecule has 0 bridgehead atoms. The van der Waals surface area contributed by atoms with E-state index >= 15 is 0 Å². The Morgan fingerprint density at radius 1 is 0.967 bits per heavy atom. The summed E-state index contributed by atoms with van der Waals surface area (Å²) in [6.07, 6.45) is 4.50. The number of oxime groups is 1. The lowest BCUT2D eigenvalue weighted by Gasteiger charge is -2.36. The summed E-state index contributed by atoms with van der Waals surface area (Å²) < 4.78 is 1.83. The molecule has 0 atom stereocenters. The van der Waals surface area contributed by atoms with Crippen LogP contribution >= 0.6 is 0 Å². The second kappa shape index (κ2) is 9.34. The molecule has 2 aliphatic heterocycles. The lowest BCUT2D eigenvalue weighted by atomic mass is 10.1. The molecule has 1 saturated heterocycles. The largest absolute Gasteiger partial charge is 0.411 e. The van der Waals surface area contributed by atoms with Gasteiger partial charge in [0.1, 0.15) is 5.69 Å². The smallest absolute Gasteiger partial charge is 0.271 e. The quantitative estimate of drug-likeness (QED) is 0.453. The summed E-state index contributed by atoms with van der Waals surface area (Å²) in [7, 11) is 1.87. The number of aryl methyl sites for hydroxylation is 1. The van der Waals surface area contributed by atoms with E-state index in [2.05, 4.69) is 45.3 Å². The molecule has 3 heterocycles. The summed E-state index contributed by atoms with van der Waals surface area (Å²) in [6.45, 7) is 6.71. The second-order valence-corrected chi connectivity index (χ2v) is 8.15. The molecule has 160 valence electrons. The summed E-state index contributed by atoms with van der Waals surface area (Å²) in [4.78, 5) is 19.9. The van der Waals surface area contributed by atoms with Crippen LogP contribution in [0.4, 0.5) is 5.69 Å². The zero-order valence-electron chi connectivity index (χ0n) is 17.7. The number of piperazine rings is 1. The van der Waals surface area contributed by atoms with Crippen LogP contribution in [0, 0.1) is 0 Å². The summed E-state index contributed by atoms with van der Waals surface area (Å²) in [5, 5.41) is 12.8. The lowest BCUT2D eigenvalue weighted by Crippen LogP contribution is -2.46. The van der Waals surface area contributed by atoms with Crippen molar-refractivity contribution in [3.05, 3.63) is 53.9 Å². The van der Waals surface area contributed by atoms with Crippen LogP contribution in [0.25, 0.3) is 0 Å². The number of hydrogen-bond donors (Lipinski definition) is 1. The molecule has 1 aromatic carbocycles. The van der Waals surface area contributed by atoms with E-state index in [1.807, 2.05) is 28.8 Å². The van der Waals surface area contributed by atoms with Crippen molar-refractivity contribution < 1.29 is 10.0 Å². The first kappa shape index (κ1) is 20.5. The first-order valence-electron chi connectivity index (χ1n) is 10.9. The van der Waals surface area contributed by atoms with Gasteiger partial charge in [-0.2, -0.15) is 0 Å². The standard InChI is InChI=1S/C23H31N5O2/c1-25-13-9-20-21(24-30)10-14-28(23(29)22(20)25)12-6-5-11-26-15-17-27(18-16-26)19-7-3-2-4-8-19/h2-4,7-9,13,30H,5-6,10-12,14-18H2,1H3/b24-21-. The van der Waals surface area contributed by atoms with Gasteiger partial charge >= 0.3 is 0 Å². The molecule has 0 radical (unpaired) electrons. The normalized spacial score (nSPS) is 19.2. The molecule has 0 saturated carbocycles. The SMILES string of the molecule is Cn1ccc2c1C(=O)N(CCCCN1CCN(c3ccccc3)CC1)CC/C2=N/O. The minimum atomic E-state index is 0.0348. The number of carbonyl (C=O) groups is 1. The highest BCUT2D eigenvalue weighted by Gasteiger charge is 2.28. The van der Waals surface area contributed by atoms with Crippen LogP contribution in [0.15, 0.2) is 47.8 Å². The maximum Gasteiger partial charge on any atom is 0.271 e. The van der Waals surface area contributed by atoms with Gasteiger partial charge in [-0.15, -0.1) is 0 Å². The van der Waals surface area contributed by atoms with Gasteiger partial charge in [0.15, 0.2) is 0 Å². The van der Waals surface area contributed by atoms with E-state index in [9.17, 15) is 10.0 Å². The molecule has 4 rings (SSSR count). The number of fused-ring (bicyclic) bond motifs is 1. The van der Waals surface area contributed by atoms with Crippen LogP contribution in [0.5, 0.6) is 0 Å². The highest BCUT2D eigenvalue weighted by molar-refractivity contribution is 6.11. The Morgan fingerprint density at radius 2 is 1.70 bits per heavy atom. The van der Waals surface area contributed by atoms with E-state index in [4.69, 9.17) is 0 Å². The fraction of sp³-hybridized carbons (Fsp3) is 0.478.